The third-order valence-electron chi connectivity index (χ3n) is 5.14. The topological polar surface area (TPSA) is 74.7 Å². The van der Waals surface area contributed by atoms with Crippen LogP contribution in [-0.4, -0.2) is 54.4 Å². The summed E-state index contributed by atoms with van der Waals surface area (Å²) in [5.74, 6) is 0.916. The minimum atomic E-state index is -3.07. The van der Waals surface area contributed by atoms with Crippen LogP contribution in [0.25, 0.3) is 0 Å². The van der Waals surface area contributed by atoms with Crippen LogP contribution in [0.1, 0.15) is 37.0 Å². The van der Waals surface area contributed by atoms with Crippen LogP contribution >= 0.6 is 11.3 Å². The Kier molecular flexibility index (Phi) is 6.95. The molecule has 29 heavy (non-hydrogen) atoms. The van der Waals surface area contributed by atoms with Gasteiger partial charge < -0.3 is 10.2 Å². The Hall–Kier alpha value is -1.93. The zero-order valence-electron chi connectivity index (χ0n) is 17.4. The number of aryl methyl sites for hydroxylation is 2. The first-order valence-electron chi connectivity index (χ1n) is 10.0. The summed E-state index contributed by atoms with van der Waals surface area (Å²) in [6.07, 6.45) is 1.91. The quantitative estimate of drug-likeness (QED) is 0.559. The molecule has 3 rings (SSSR count). The second kappa shape index (κ2) is 9.26. The largest absolute Gasteiger partial charge is 0.357 e. The van der Waals surface area contributed by atoms with Crippen LogP contribution < -0.4 is 5.32 Å². The lowest BCUT2D eigenvalue weighted by molar-refractivity contribution is 0.353. The molecule has 0 bridgehead atoms. The summed E-state index contributed by atoms with van der Waals surface area (Å²) in [4.78, 5) is 11.5. The summed E-state index contributed by atoms with van der Waals surface area (Å²) in [7, 11) is -3.07. The highest BCUT2D eigenvalue weighted by atomic mass is 32.2. The SMILES string of the molecule is CCNC(=NCc1csc(CCc2ccccc2)n1)N1CCS(=O)(=O)C(C)(C)C1. The smallest absolute Gasteiger partial charge is 0.194 e. The van der Waals surface area contributed by atoms with Crippen molar-refractivity contribution in [2.75, 3.05) is 25.4 Å². The van der Waals surface area contributed by atoms with E-state index in [0.717, 1.165) is 36.0 Å². The van der Waals surface area contributed by atoms with E-state index in [1.807, 2.05) is 17.9 Å². The van der Waals surface area contributed by atoms with Crippen molar-refractivity contribution in [3.8, 4) is 0 Å². The molecule has 2 heterocycles. The molecular formula is C21H30N4O2S2. The number of aromatic nitrogens is 1. The number of sulfone groups is 1. The van der Waals surface area contributed by atoms with E-state index in [1.54, 1.807) is 25.2 Å². The van der Waals surface area contributed by atoms with Crippen LogP contribution in [-0.2, 0) is 29.2 Å². The van der Waals surface area contributed by atoms with E-state index in [4.69, 9.17) is 9.98 Å². The molecule has 0 radical (unpaired) electrons. The highest BCUT2D eigenvalue weighted by Gasteiger charge is 2.40. The van der Waals surface area contributed by atoms with E-state index in [9.17, 15) is 8.42 Å². The van der Waals surface area contributed by atoms with Crippen molar-refractivity contribution < 1.29 is 8.42 Å². The Morgan fingerprint density at radius 3 is 2.72 bits per heavy atom. The van der Waals surface area contributed by atoms with E-state index in [-0.39, 0.29) is 5.75 Å². The Balaban J connectivity index is 1.63. The van der Waals surface area contributed by atoms with E-state index in [1.165, 1.54) is 5.56 Å². The average Bonchev–Trinajstić information content (AvgIpc) is 3.14. The summed E-state index contributed by atoms with van der Waals surface area (Å²) in [6, 6.07) is 10.4. The molecule has 1 fully saturated rings. The summed E-state index contributed by atoms with van der Waals surface area (Å²) in [5.41, 5.74) is 2.27. The van der Waals surface area contributed by atoms with Gasteiger partial charge in [0.25, 0.3) is 0 Å². The van der Waals surface area contributed by atoms with Gasteiger partial charge in [0.1, 0.15) is 0 Å². The zero-order chi connectivity index (χ0) is 20.9. The molecule has 1 N–H and O–H groups in total. The number of thiazole rings is 1. The third-order valence-corrected chi connectivity index (χ3v) is 8.63. The first kappa shape index (κ1) is 21.8. The van der Waals surface area contributed by atoms with Crippen molar-refractivity contribution >= 4 is 27.1 Å². The molecule has 0 amide bonds. The number of benzene rings is 1. The molecule has 1 aromatic carbocycles. The lowest BCUT2D eigenvalue weighted by Crippen LogP contribution is -2.57. The molecule has 1 aliphatic rings. The van der Waals surface area contributed by atoms with Gasteiger partial charge in [-0.2, -0.15) is 0 Å². The normalized spacial score (nSPS) is 18.6. The number of nitrogens with one attached hydrogen (secondary N) is 1. The van der Waals surface area contributed by atoms with Crippen LogP contribution in [0.15, 0.2) is 40.7 Å². The highest BCUT2D eigenvalue weighted by Crippen LogP contribution is 2.24. The number of nitrogens with zero attached hydrogens (tertiary/aromatic N) is 3. The van der Waals surface area contributed by atoms with Gasteiger partial charge in [-0.3, -0.25) is 0 Å². The molecule has 6 nitrogen and oxygen atoms in total. The minimum absolute atomic E-state index is 0.157. The summed E-state index contributed by atoms with van der Waals surface area (Å²) < 4.78 is 23.8. The van der Waals surface area contributed by atoms with Crippen LogP contribution in [0, 0.1) is 0 Å². The summed E-state index contributed by atoms with van der Waals surface area (Å²) in [6.45, 7) is 7.74. The first-order valence-corrected chi connectivity index (χ1v) is 12.6. The predicted octanol–water partition coefficient (Wildman–Crippen LogP) is 2.90. The molecule has 0 aliphatic carbocycles. The van der Waals surface area contributed by atoms with Gasteiger partial charge in [-0.25, -0.2) is 18.4 Å². The standard InChI is InChI=1S/C21H30N4O2S2/c1-4-22-20(25-12-13-29(26,27)21(2,3)16-25)23-14-18-15-28-19(24-18)11-10-17-8-6-5-7-9-17/h5-9,15H,4,10-14,16H2,1-3H3,(H,22,23). The second-order valence-corrected chi connectivity index (χ2v) is 11.6. The molecule has 8 heteroatoms. The van der Waals surface area contributed by atoms with Gasteiger partial charge in [0.15, 0.2) is 15.8 Å². The maximum atomic E-state index is 12.3. The van der Waals surface area contributed by atoms with Gasteiger partial charge in [0.2, 0.25) is 0 Å². The molecule has 1 aliphatic heterocycles. The molecule has 0 spiro atoms. The van der Waals surface area contributed by atoms with E-state index < -0.39 is 14.6 Å². The fourth-order valence-electron chi connectivity index (χ4n) is 3.34. The Labute approximate surface area is 178 Å². The van der Waals surface area contributed by atoms with Crippen molar-refractivity contribution in [1.82, 2.24) is 15.2 Å². The average molecular weight is 435 g/mol. The lowest BCUT2D eigenvalue weighted by Gasteiger charge is -2.39. The van der Waals surface area contributed by atoms with Crippen LogP contribution in [0.4, 0.5) is 0 Å². The van der Waals surface area contributed by atoms with Crippen LogP contribution in [0.2, 0.25) is 0 Å². The summed E-state index contributed by atoms with van der Waals surface area (Å²) in [5, 5.41) is 6.49. The van der Waals surface area contributed by atoms with Crippen molar-refractivity contribution in [2.45, 2.75) is 44.9 Å². The molecule has 1 aromatic heterocycles. The Bertz CT molecular complexity index is 937. The Morgan fingerprint density at radius 2 is 2.03 bits per heavy atom. The predicted molar refractivity (Wildman–Crippen MR) is 120 cm³/mol. The lowest BCUT2D eigenvalue weighted by atomic mass is 10.1. The molecular weight excluding hydrogens is 404 g/mol. The van der Waals surface area contributed by atoms with Crippen LogP contribution in [0.5, 0.6) is 0 Å². The summed E-state index contributed by atoms with van der Waals surface area (Å²) >= 11 is 1.68. The number of hydrogen-bond acceptors (Lipinski definition) is 5. The fourth-order valence-corrected chi connectivity index (χ4v) is 5.49. The van der Waals surface area contributed by atoms with Crippen molar-refractivity contribution in [1.29, 1.82) is 0 Å². The molecule has 0 saturated carbocycles. The Morgan fingerprint density at radius 1 is 1.28 bits per heavy atom. The molecule has 158 valence electrons. The number of aliphatic imine (C=N–C) groups is 1. The van der Waals surface area contributed by atoms with Crippen LogP contribution in [0.3, 0.4) is 0 Å². The first-order chi connectivity index (χ1) is 13.8. The van der Waals surface area contributed by atoms with Gasteiger partial charge in [0, 0.05) is 31.4 Å². The zero-order valence-corrected chi connectivity index (χ0v) is 19.0. The van der Waals surface area contributed by atoms with E-state index in [2.05, 4.69) is 35.0 Å². The number of hydrogen-bond donors (Lipinski definition) is 1. The maximum Gasteiger partial charge on any atom is 0.194 e. The molecule has 0 unspecified atom stereocenters. The fraction of sp³-hybridized carbons (Fsp3) is 0.524. The van der Waals surface area contributed by atoms with Gasteiger partial charge in [0.05, 0.1) is 27.7 Å². The second-order valence-electron chi connectivity index (χ2n) is 7.89. The molecule has 0 atom stereocenters. The molecule has 2 aromatic rings. The van der Waals surface area contributed by atoms with Crippen molar-refractivity contribution in [3.63, 3.8) is 0 Å². The highest BCUT2D eigenvalue weighted by molar-refractivity contribution is 7.92. The van der Waals surface area contributed by atoms with Crippen molar-refractivity contribution in [2.24, 2.45) is 4.99 Å². The van der Waals surface area contributed by atoms with Crippen molar-refractivity contribution in [3.05, 3.63) is 52.0 Å². The van der Waals surface area contributed by atoms with Gasteiger partial charge in [-0.1, -0.05) is 30.3 Å². The minimum Gasteiger partial charge on any atom is -0.357 e. The van der Waals surface area contributed by atoms with Gasteiger partial charge in [-0.15, -0.1) is 11.3 Å². The van der Waals surface area contributed by atoms with Gasteiger partial charge >= 0.3 is 0 Å². The molecule has 1 saturated heterocycles. The van der Waals surface area contributed by atoms with E-state index >= 15 is 0 Å². The van der Waals surface area contributed by atoms with E-state index in [0.29, 0.717) is 19.6 Å². The maximum absolute atomic E-state index is 12.3. The number of rotatable bonds is 6. The third kappa shape index (κ3) is 5.57. The monoisotopic (exact) mass is 434 g/mol. The number of guanidine groups is 1. The van der Waals surface area contributed by atoms with Gasteiger partial charge in [-0.05, 0) is 32.8 Å².